The number of likely N-dealkylation sites (tertiary alicyclic amines) is 1. The third-order valence-electron chi connectivity index (χ3n) is 6.45. The van der Waals surface area contributed by atoms with E-state index in [1.807, 2.05) is 41.5 Å². The van der Waals surface area contributed by atoms with Crippen LogP contribution in [0.25, 0.3) is 0 Å². The van der Waals surface area contributed by atoms with Crippen molar-refractivity contribution in [1.29, 1.82) is 0 Å². The number of piperidine rings is 1. The number of anilines is 1. The molecule has 0 atom stereocenters. The molecule has 1 aromatic heterocycles. The minimum Gasteiger partial charge on any atom is -0.337 e. The standard InChI is InChI=1S/C23H30N4O2/c1-15-10-13-26(14-11-15)23(29)20-19-9-4-5-12-27(19)21(25-20)22(28)24-18-8-6-7-16(2)17(18)3/h6-8,15H,4-5,9-14H2,1-3H3,(H,24,28). The fourth-order valence-electron chi connectivity index (χ4n) is 4.31. The first-order valence-corrected chi connectivity index (χ1v) is 10.7. The molecule has 2 aliphatic rings. The van der Waals surface area contributed by atoms with Crippen LogP contribution in [0.3, 0.4) is 0 Å². The number of amides is 2. The number of nitrogens with one attached hydrogen (secondary N) is 1. The van der Waals surface area contributed by atoms with Crippen molar-refractivity contribution >= 4 is 17.5 Å². The molecular formula is C23H30N4O2. The Labute approximate surface area is 172 Å². The fourth-order valence-corrected chi connectivity index (χ4v) is 4.31. The zero-order chi connectivity index (χ0) is 20.5. The lowest BCUT2D eigenvalue weighted by Crippen LogP contribution is -2.38. The maximum absolute atomic E-state index is 13.2. The Morgan fingerprint density at radius 3 is 2.62 bits per heavy atom. The number of hydrogen-bond acceptors (Lipinski definition) is 3. The molecule has 3 heterocycles. The highest BCUT2D eigenvalue weighted by molar-refractivity contribution is 6.04. The molecule has 2 amide bonds. The van der Waals surface area contributed by atoms with Gasteiger partial charge in [0.25, 0.3) is 11.8 Å². The van der Waals surface area contributed by atoms with Gasteiger partial charge in [-0.1, -0.05) is 19.1 Å². The van der Waals surface area contributed by atoms with Crippen LogP contribution in [-0.2, 0) is 13.0 Å². The van der Waals surface area contributed by atoms with Gasteiger partial charge in [0.2, 0.25) is 0 Å². The first-order valence-electron chi connectivity index (χ1n) is 10.7. The second kappa shape index (κ2) is 8.01. The molecule has 2 aliphatic heterocycles. The van der Waals surface area contributed by atoms with Gasteiger partial charge in [0.05, 0.1) is 5.69 Å². The van der Waals surface area contributed by atoms with Crippen molar-refractivity contribution in [2.45, 2.75) is 59.4 Å². The van der Waals surface area contributed by atoms with Crippen LogP contribution in [0.4, 0.5) is 5.69 Å². The molecule has 0 saturated carbocycles. The van der Waals surface area contributed by atoms with Crippen molar-refractivity contribution in [2.24, 2.45) is 5.92 Å². The predicted molar refractivity (Wildman–Crippen MR) is 113 cm³/mol. The third-order valence-corrected chi connectivity index (χ3v) is 6.45. The van der Waals surface area contributed by atoms with Crippen LogP contribution in [-0.4, -0.2) is 39.4 Å². The van der Waals surface area contributed by atoms with Gasteiger partial charge in [-0.15, -0.1) is 0 Å². The predicted octanol–water partition coefficient (Wildman–Crippen LogP) is 3.96. The van der Waals surface area contributed by atoms with E-state index in [9.17, 15) is 9.59 Å². The Balaban J connectivity index is 1.63. The second-order valence-corrected chi connectivity index (χ2v) is 8.52. The van der Waals surface area contributed by atoms with Crippen molar-refractivity contribution < 1.29 is 9.59 Å². The van der Waals surface area contributed by atoms with E-state index in [1.54, 1.807) is 0 Å². The van der Waals surface area contributed by atoms with E-state index in [0.717, 1.165) is 74.2 Å². The molecular weight excluding hydrogens is 364 g/mol. The summed E-state index contributed by atoms with van der Waals surface area (Å²) in [5.74, 6) is 0.754. The number of carbonyl (C=O) groups excluding carboxylic acids is 2. The Bertz CT molecular complexity index is 939. The lowest BCUT2D eigenvalue weighted by atomic mass is 9.98. The van der Waals surface area contributed by atoms with E-state index in [2.05, 4.69) is 17.2 Å². The van der Waals surface area contributed by atoms with E-state index >= 15 is 0 Å². The molecule has 6 nitrogen and oxygen atoms in total. The monoisotopic (exact) mass is 394 g/mol. The number of imidazole rings is 1. The number of fused-ring (bicyclic) bond motifs is 1. The summed E-state index contributed by atoms with van der Waals surface area (Å²) < 4.78 is 1.96. The molecule has 6 heteroatoms. The summed E-state index contributed by atoms with van der Waals surface area (Å²) in [6.45, 7) is 8.54. The molecule has 1 N–H and O–H groups in total. The van der Waals surface area contributed by atoms with E-state index in [1.165, 1.54) is 0 Å². The SMILES string of the molecule is Cc1cccc(NC(=O)c2nc(C(=O)N3CCC(C)CC3)c3n2CCCC3)c1C. The summed E-state index contributed by atoms with van der Waals surface area (Å²) in [5, 5.41) is 3.01. The number of hydrogen-bond donors (Lipinski definition) is 1. The topological polar surface area (TPSA) is 67.2 Å². The zero-order valence-electron chi connectivity index (χ0n) is 17.6. The maximum atomic E-state index is 13.2. The first kappa shape index (κ1) is 19.7. The lowest BCUT2D eigenvalue weighted by molar-refractivity contribution is 0.0690. The van der Waals surface area contributed by atoms with Crippen LogP contribution in [0, 0.1) is 19.8 Å². The highest BCUT2D eigenvalue weighted by Crippen LogP contribution is 2.26. The van der Waals surface area contributed by atoms with Crippen molar-refractivity contribution in [3.05, 3.63) is 46.5 Å². The number of aromatic nitrogens is 2. The molecule has 4 rings (SSSR count). The second-order valence-electron chi connectivity index (χ2n) is 8.52. The first-order chi connectivity index (χ1) is 14.0. The summed E-state index contributed by atoms with van der Waals surface area (Å²) in [5.41, 5.74) is 4.37. The van der Waals surface area contributed by atoms with Crippen LogP contribution in [0.5, 0.6) is 0 Å². The van der Waals surface area contributed by atoms with Crippen LogP contribution in [0.2, 0.25) is 0 Å². The summed E-state index contributed by atoms with van der Waals surface area (Å²) in [6, 6.07) is 5.87. The van der Waals surface area contributed by atoms with E-state index in [4.69, 9.17) is 0 Å². The molecule has 2 aromatic rings. The molecule has 0 spiro atoms. The summed E-state index contributed by atoms with van der Waals surface area (Å²) in [7, 11) is 0. The van der Waals surface area contributed by atoms with Crippen molar-refractivity contribution in [1.82, 2.24) is 14.5 Å². The number of aryl methyl sites for hydroxylation is 1. The fraction of sp³-hybridized carbons (Fsp3) is 0.522. The third kappa shape index (κ3) is 3.80. The highest BCUT2D eigenvalue weighted by Gasteiger charge is 2.31. The van der Waals surface area contributed by atoms with Crippen LogP contribution >= 0.6 is 0 Å². The quantitative estimate of drug-likeness (QED) is 0.857. The average molecular weight is 395 g/mol. The Hall–Kier alpha value is -2.63. The van der Waals surface area contributed by atoms with Crippen molar-refractivity contribution in [2.75, 3.05) is 18.4 Å². The number of rotatable bonds is 3. The number of carbonyl (C=O) groups is 2. The van der Waals surface area contributed by atoms with Gasteiger partial charge < -0.3 is 14.8 Å². The Morgan fingerprint density at radius 2 is 1.86 bits per heavy atom. The highest BCUT2D eigenvalue weighted by atomic mass is 16.2. The van der Waals surface area contributed by atoms with E-state index < -0.39 is 0 Å². The van der Waals surface area contributed by atoms with Gasteiger partial charge in [-0.25, -0.2) is 4.98 Å². The van der Waals surface area contributed by atoms with Gasteiger partial charge in [0, 0.05) is 25.3 Å². The normalized spacial score (nSPS) is 17.1. The average Bonchev–Trinajstić information content (AvgIpc) is 3.11. The van der Waals surface area contributed by atoms with E-state index in [0.29, 0.717) is 17.4 Å². The van der Waals surface area contributed by atoms with Gasteiger partial charge in [-0.05, 0) is 69.1 Å². The van der Waals surface area contributed by atoms with Crippen molar-refractivity contribution in [3.8, 4) is 0 Å². The maximum Gasteiger partial charge on any atom is 0.291 e. The van der Waals surface area contributed by atoms with Crippen molar-refractivity contribution in [3.63, 3.8) is 0 Å². The Morgan fingerprint density at radius 1 is 1.10 bits per heavy atom. The molecule has 0 bridgehead atoms. The summed E-state index contributed by atoms with van der Waals surface area (Å²) in [6.07, 6.45) is 4.89. The molecule has 0 aliphatic carbocycles. The van der Waals surface area contributed by atoms with Crippen LogP contribution < -0.4 is 5.32 Å². The molecule has 29 heavy (non-hydrogen) atoms. The molecule has 0 radical (unpaired) electrons. The lowest BCUT2D eigenvalue weighted by Gasteiger charge is -2.30. The number of benzene rings is 1. The Kier molecular flexibility index (Phi) is 5.43. The summed E-state index contributed by atoms with van der Waals surface area (Å²) in [4.78, 5) is 32.8. The molecule has 1 aromatic carbocycles. The largest absolute Gasteiger partial charge is 0.337 e. The molecule has 1 saturated heterocycles. The summed E-state index contributed by atoms with van der Waals surface area (Å²) >= 11 is 0. The van der Waals surface area contributed by atoms with Crippen LogP contribution in [0.1, 0.15) is 70.5 Å². The minimum atomic E-state index is -0.242. The van der Waals surface area contributed by atoms with Gasteiger partial charge in [0.15, 0.2) is 5.82 Å². The molecule has 0 unspecified atom stereocenters. The van der Waals surface area contributed by atoms with Gasteiger partial charge >= 0.3 is 0 Å². The smallest absolute Gasteiger partial charge is 0.291 e. The molecule has 154 valence electrons. The zero-order valence-corrected chi connectivity index (χ0v) is 17.6. The van der Waals surface area contributed by atoms with Gasteiger partial charge in [0.1, 0.15) is 5.69 Å². The van der Waals surface area contributed by atoms with Crippen LogP contribution in [0.15, 0.2) is 18.2 Å². The van der Waals surface area contributed by atoms with Gasteiger partial charge in [-0.3, -0.25) is 9.59 Å². The van der Waals surface area contributed by atoms with E-state index in [-0.39, 0.29) is 11.8 Å². The minimum absolute atomic E-state index is 0.0201. The number of nitrogens with zero attached hydrogens (tertiary/aromatic N) is 3. The van der Waals surface area contributed by atoms with Gasteiger partial charge in [-0.2, -0.15) is 0 Å². The molecule has 1 fully saturated rings.